The first-order valence-electron chi connectivity index (χ1n) is 12.6. The zero-order chi connectivity index (χ0) is 26.0. The van der Waals surface area contributed by atoms with E-state index in [1.165, 1.54) is 17.7 Å². The van der Waals surface area contributed by atoms with Gasteiger partial charge in [0.1, 0.15) is 0 Å². The quantitative estimate of drug-likeness (QED) is 0.309. The molecule has 1 aliphatic rings. The normalized spacial score (nSPS) is 15.2. The molecule has 4 nitrogen and oxygen atoms in total. The van der Waals surface area contributed by atoms with Crippen LogP contribution >= 0.6 is 0 Å². The minimum atomic E-state index is -4.37. The number of halogens is 3. The maximum Gasteiger partial charge on any atom is 0.416 e. The molecule has 0 unspecified atom stereocenters. The van der Waals surface area contributed by atoms with Crippen LogP contribution in [0.2, 0.25) is 0 Å². The molecule has 2 heterocycles. The number of benzene rings is 3. The Bertz CT molecular complexity index is 1370. The highest BCUT2D eigenvalue weighted by molar-refractivity contribution is 5.86. The van der Waals surface area contributed by atoms with E-state index in [1.807, 2.05) is 47.2 Å². The number of aromatic nitrogens is 1. The van der Waals surface area contributed by atoms with Crippen LogP contribution in [0.5, 0.6) is 0 Å². The molecule has 3 aromatic carbocycles. The smallest absolute Gasteiger partial charge is 0.368 e. The lowest BCUT2D eigenvalue weighted by Gasteiger charge is -2.37. The first-order chi connectivity index (χ1) is 17.8. The predicted molar refractivity (Wildman–Crippen MR) is 141 cm³/mol. The van der Waals surface area contributed by atoms with E-state index in [0.717, 1.165) is 29.0 Å². The Labute approximate surface area is 214 Å². The summed E-state index contributed by atoms with van der Waals surface area (Å²) in [5.41, 5.74) is 3.38. The first kappa shape index (κ1) is 24.9. The third-order valence-corrected chi connectivity index (χ3v) is 7.28. The topological polar surface area (TPSA) is 28.5 Å². The molecule has 0 saturated carbocycles. The Hall–Kier alpha value is -3.74. The summed E-state index contributed by atoms with van der Waals surface area (Å²) in [6, 6.07) is 23.9. The molecule has 4 aromatic rings. The summed E-state index contributed by atoms with van der Waals surface area (Å²) >= 11 is 0. The Kier molecular flexibility index (Phi) is 6.96. The lowest BCUT2D eigenvalue weighted by molar-refractivity contribution is -0.137. The minimum absolute atomic E-state index is 0.0162. The number of anilines is 1. The van der Waals surface area contributed by atoms with Gasteiger partial charge in [0.25, 0.3) is 0 Å². The molecule has 1 amide bonds. The van der Waals surface area contributed by atoms with Gasteiger partial charge in [-0.3, -0.25) is 4.79 Å². The van der Waals surface area contributed by atoms with Crippen molar-refractivity contribution < 1.29 is 18.0 Å². The summed E-state index contributed by atoms with van der Waals surface area (Å²) in [4.78, 5) is 17.3. The molecule has 0 N–H and O–H groups in total. The van der Waals surface area contributed by atoms with Gasteiger partial charge in [0.2, 0.25) is 5.91 Å². The number of nitrogens with zero attached hydrogens (tertiary/aromatic N) is 3. The average molecular weight is 506 g/mol. The second-order valence-electron chi connectivity index (χ2n) is 9.72. The van der Waals surface area contributed by atoms with Crippen molar-refractivity contribution in [3.8, 4) is 0 Å². The van der Waals surface area contributed by atoms with E-state index in [9.17, 15) is 18.0 Å². The Balaban J connectivity index is 1.31. The molecule has 192 valence electrons. The number of rotatable bonds is 6. The molecule has 1 fully saturated rings. The molecule has 1 aliphatic heterocycles. The Morgan fingerprint density at radius 3 is 2.32 bits per heavy atom. The summed E-state index contributed by atoms with van der Waals surface area (Å²) in [5.74, 6) is 0.0973. The van der Waals surface area contributed by atoms with Crippen LogP contribution in [0.15, 0.2) is 85.1 Å². The van der Waals surface area contributed by atoms with Crippen molar-refractivity contribution in [1.29, 1.82) is 0 Å². The van der Waals surface area contributed by atoms with Crippen LogP contribution in [-0.4, -0.2) is 41.6 Å². The highest BCUT2D eigenvalue weighted by Crippen LogP contribution is 2.34. The van der Waals surface area contributed by atoms with Crippen LogP contribution in [0, 0.1) is 0 Å². The predicted octanol–water partition coefficient (Wildman–Crippen LogP) is 6.26. The molecule has 5 rings (SSSR count). The minimum Gasteiger partial charge on any atom is -0.368 e. The highest BCUT2D eigenvalue weighted by atomic mass is 19.4. The lowest BCUT2D eigenvalue weighted by atomic mass is 9.88. The number of alkyl halides is 3. The molecule has 37 heavy (non-hydrogen) atoms. The zero-order valence-electron chi connectivity index (χ0n) is 20.8. The summed E-state index contributed by atoms with van der Waals surface area (Å²) in [6.45, 7) is 1.99. The number of fused-ring (bicyclic) bond motifs is 1. The summed E-state index contributed by atoms with van der Waals surface area (Å²) < 4.78 is 41.6. The largest absolute Gasteiger partial charge is 0.416 e. The number of para-hydroxylation sites is 1. The number of carbonyl (C=O) groups excluding carboxylic acids is 1. The Morgan fingerprint density at radius 1 is 0.892 bits per heavy atom. The third kappa shape index (κ3) is 5.50. The number of amides is 1. The summed E-state index contributed by atoms with van der Waals surface area (Å²) in [5, 5.41) is 1.16. The van der Waals surface area contributed by atoms with Gasteiger partial charge in [0, 0.05) is 62.4 Å². The van der Waals surface area contributed by atoms with Gasteiger partial charge < -0.3 is 14.4 Å². The summed E-state index contributed by atoms with van der Waals surface area (Å²) in [6.07, 6.45) is -1.10. The van der Waals surface area contributed by atoms with Crippen molar-refractivity contribution >= 4 is 22.5 Å². The van der Waals surface area contributed by atoms with Crippen molar-refractivity contribution in [1.82, 2.24) is 9.47 Å². The maximum absolute atomic E-state index is 13.5. The fraction of sp³-hybridized carbons (Fsp3) is 0.300. The molecule has 0 spiro atoms. The molecule has 7 heteroatoms. The fourth-order valence-corrected chi connectivity index (χ4v) is 5.32. The molecule has 1 saturated heterocycles. The van der Waals surface area contributed by atoms with Gasteiger partial charge >= 0.3 is 6.18 Å². The molecule has 1 atom stereocenters. The molecule has 0 aliphatic carbocycles. The van der Waals surface area contributed by atoms with Crippen LogP contribution in [0.25, 0.3) is 10.9 Å². The number of hydrogen-bond donors (Lipinski definition) is 0. The number of hydrogen-bond acceptors (Lipinski definition) is 2. The van der Waals surface area contributed by atoms with Gasteiger partial charge in [-0.2, -0.15) is 13.2 Å². The second kappa shape index (κ2) is 10.3. The van der Waals surface area contributed by atoms with Crippen molar-refractivity contribution in [3.63, 3.8) is 0 Å². The molecule has 1 aromatic heterocycles. The molecular weight excluding hydrogens is 475 g/mol. The van der Waals surface area contributed by atoms with E-state index in [4.69, 9.17) is 0 Å². The van der Waals surface area contributed by atoms with Gasteiger partial charge in [-0.05, 0) is 47.7 Å². The monoisotopic (exact) mass is 505 g/mol. The van der Waals surface area contributed by atoms with E-state index in [-0.39, 0.29) is 11.8 Å². The SMILES string of the molecule is Cn1cc([C@@H](CC(=O)N2CCN(c3cccc(C(F)(F)F)c3)CC2)Cc2ccccc2)c2ccccc21. The van der Waals surface area contributed by atoms with Gasteiger partial charge in [-0.15, -0.1) is 0 Å². The fourth-order valence-electron chi connectivity index (χ4n) is 5.32. The summed E-state index contributed by atoms with van der Waals surface area (Å²) in [7, 11) is 2.03. The van der Waals surface area contributed by atoms with Crippen LogP contribution in [-0.2, 0) is 24.4 Å². The molecule has 0 bridgehead atoms. The highest BCUT2D eigenvalue weighted by Gasteiger charge is 2.31. The van der Waals surface area contributed by atoms with E-state index in [2.05, 4.69) is 35.0 Å². The molecule has 0 radical (unpaired) electrons. The first-order valence-corrected chi connectivity index (χ1v) is 12.6. The lowest BCUT2D eigenvalue weighted by Crippen LogP contribution is -2.49. The number of piperazine rings is 1. The standard InChI is InChI=1S/C30H30F3N3O/c1-34-21-27(26-12-5-6-13-28(26)34)23(18-22-8-3-2-4-9-22)19-29(37)36-16-14-35(15-17-36)25-11-7-10-24(20-25)30(31,32)33/h2-13,20-21,23H,14-19H2,1H3/t23-/m1/s1. The van der Waals surface area contributed by atoms with Crippen molar-refractivity contribution in [2.24, 2.45) is 7.05 Å². The number of carbonyl (C=O) groups is 1. The van der Waals surface area contributed by atoms with Crippen LogP contribution in [0.3, 0.4) is 0 Å². The van der Waals surface area contributed by atoms with E-state index in [0.29, 0.717) is 38.3 Å². The second-order valence-corrected chi connectivity index (χ2v) is 9.72. The number of aryl methyl sites for hydroxylation is 1. The van der Waals surface area contributed by atoms with Crippen molar-refractivity contribution in [2.75, 3.05) is 31.1 Å². The van der Waals surface area contributed by atoms with Crippen LogP contribution in [0.1, 0.15) is 29.0 Å². The van der Waals surface area contributed by atoms with Gasteiger partial charge in [-0.25, -0.2) is 0 Å². The van der Waals surface area contributed by atoms with Gasteiger partial charge in [0.05, 0.1) is 5.56 Å². The zero-order valence-corrected chi connectivity index (χ0v) is 20.8. The van der Waals surface area contributed by atoms with E-state index < -0.39 is 11.7 Å². The van der Waals surface area contributed by atoms with Gasteiger partial charge in [-0.1, -0.05) is 54.6 Å². The van der Waals surface area contributed by atoms with Crippen LogP contribution < -0.4 is 4.90 Å². The van der Waals surface area contributed by atoms with Crippen molar-refractivity contribution in [3.05, 3.63) is 102 Å². The van der Waals surface area contributed by atoms with Crippen molar-refractivity contribution in [2.45, 2.75) is 24.9 Å². The van der Waals surface area contributed by atoms with E-state index >= 15 is 0 Å². The van der Waals surface area contributed by atoms with Crippen LogP contribution in [0.4, 0.5) is 18.9 Å². The Morgan fingerprint density at radius 2 is 1.59 bits per heavy atom. The molecular formula is C30H30F3N3O. The van der Waals surface area contributed by atoms with Gasteiger partial charge in [0.15, 0.2) is 0 Å². The average Bonchev–Trinajstić information content (AvgIpc) is 3.25. The van der Waals surface area contributed by atoms with E-state index in [1.54, 1.807) is 6.07 Å². The third-order valence-electron chi connectivity index (χ3n) is 7.28. The maximum atomic E-state index is 13.5.